The first-order valence-corrected chi connectivity index (χ1v) is 8.74. The molecule has 6 nitrogen and oxygen atoms in total. The summed E-state index contributed by atoms with van der Waals surface area (Å²) < 4.78 is 38.9. The first-order valence-electron chi connectivity index (χ1n) is 8.74. The van der Waals surface area contributed by atoms with Crippen molar-refractivity contribution in [1.82, 2.24) is 9.80 Å². The van der Waals surface area contributed by atoms with Crippen molar-refractivity contribution in [2.24, 2.45) is 5.92 Å². The third-order valence-corrected chi connectivity index (χ3v) is 4.53. The molecule has 9 heteroatoms. The van der Waals surface area contributed by atoms with Crippen molar-refractivity contribution in [3.8, 4) is 0 Å². The number of nitrogens with zero attached hydrogens (tertiary/aromatic N) is 2. The van der Waals surface area contributed by atoms with Gasteiger partial charge in [0.1, 0.15) is 0 Å². The maximum atomic E-state index is 13.0. The molecule has 150 valence electrons. The number of likely N-dealkylation sites (tertiary alicyclic amines) is 1. The summed E-state index contributed by atoms with van der Waals surface area (Å²) in [7, 11) is 1.44. The molecule has 0 spiro atoms. The van der Waals surface area contributed by atoms with Gasteiger partial charge < -0.3 is 15.3 Å². The second-order valence-corrected chi connectivity index (χ2v) is 6.77. The first-order chi connectivity index (χ1) is 12.7. The minimum atomic E-state index is -4.58. The van der Waals surface area contributed by atoms with Crippen LogP contribution in [-0.4, -0.2) is 66.6 Å². The van der Waals surface area contributed by atoms with Crippen LogP contribution in [-0.2, 0) is 15.8 Å². The van der Waals surface area contributed by atoms with Crippen LogP contribution in [0.15, 0.2) is 24.3 Å². The van der Waals surface area contributed by atoms with Gasteiger partial charge in [0, 0.05) is 20.2 Å². The Morgan fingerprint density at radius 2 is 2.04 bits per heavy atom. The monoisotopic (exact) mass is 387 g/mol. The van der Waals surface area contributed by atoms with Crippen LogP contribution in [0.2, 0.25) is 0 Å². The second-order valence-electron chi connectivity index (χ2n) is 6.77. The van der Waals surface area contributed by atoms with Crippen molar-refractivity contribution in [2.45, 2.75) is 19.0 Å². The number of benzene rings is 1. The van der Waals surface area contributed by atoms with Crippen LogP contribution < -0.4 is 5.32 Å². The summed E-state index contributed by atoms with van der Waals surface area (Å²) in [5.41, 5.74) is -1.27. The standard InChI is InChI=1S/C18H24F3N3O3/c1-23(17(27)11-24-8-4-5-13(9-24)12-25)10-16(26)22-15-7-3-2-6-14(15)18(19,20)21/h2-3,6-7,13,25H,4-5,8-12H2,1H3,(H,22,26)/t13-/m0/s1. The van der Waals surface area contributed by atoms with Crippen molar-refractivity contribution >= 4 is 17.5 Å². The number of aliphatic hydroxyl groups excluding tert-OH is 1. The molecule has 1 atom stereocenters. The van der Waals surface area contributed by atoms with E-state index in [2.05, 4.69) is 5.32 Å². The minimum Gasteiger partial charge on any atom is -0.396 e. The maximum absolute atomic E-state index is 13.0. The van der Waals surface area contributed by atoms with Gasteiger partial charge in [-0.3, -0.25) is 14.5 Å². The minimum absolute atomic E-state index is 0.0710. The van der Waals surface area contributed by atoms with Gasteiger partial charge in [0.25, 0.3) is 0 Å². The number of hydrogen-bond acceptors (Lipinski definition) is 4. The number of alkyl halides is 3. The highest BCUT2D eigenvalue weighted by molar-refractivity contribution is 5.95. The van der Waals surface area contributed by atoms with Gasteiger partial charge in [0.2, 0.25) is 11.8 Å². The summed E-state index contributed by atoms with van der Waals surface area (Å²) >= 11 is 0. The molecule has 1 aromatic carbocycles. The highest BCUT2D eigenvalue weighted by Gasteiger charge is 2.33. The molecule has 1 heterocycles. The fourth-order valence-electron chi connectivity index (χ4n) is 3.09. The molecule has 0 aliphatic carbocycles. The Hall–Kier alpha value is -2.13. The molecule has 1 aliphatic rings. The number of para-hydroxylation sites is 1. The van der Waals surface area contributed by atoms with Crippen molar-refractivity contribution in [3.05, 3.63) is 29.8 Å². The average molecular weight is 387 g/mol. The number of halogens is 3. The number of nitrogens with one attached hydrogen (secondary N) is 1. The maximum Gasteiger partial charge on any atom is 0.418 e. The van der Waals surface area contributed by atoms with Crippen molar-refractivity contribution < 1.29 is 27.9 Å². The lowest BCUT2D eigenvalue weighted by Crippen LogP contribution is -2.45. The van der Waals surface area contributed by atoms with Crippen LogP contribution in [0.1, 0.15) is 18.4 Å². The van der Waals surface area contributed by atoms with E-state index in [1.165, 1.54) is 30.1 Å². The van der Waals surface area contributed by atoms with E-state index in [1.54, 1.807) is 0 Å². The molecule has 0 aromatic heterocycles. The lowest BCUT2D eigenvalue weighted by atomic mass is 9.99. The molecule has 0 saturated carbocycles. The van der Waals surface area contributed by atoms with Crippen molar-refractivity contribution in [3.63, 3.8) is 0 Å². The molecule has 27 heavy (non-hydrogen) atoms. The summed E-state index contributed by atoms with van der Waals surface area (Å²) in [6, 6.07) is 4.70. The lowest BCUT2D eigenvalue weighted by molar-refractivity contribution is -0.137. The molecule has 1 fully saturated rings. The zero-order chi connectivity index (χ0) is 20.0. The van der Waals surface area contributed by atoms with Gasteiger partial charge in [-0.05, 0) is 37.4 Å². The Morgan fingerprint density at radius 3 is 2.70 bits per heavy atom. The summed E-state index contributed by atoms with van der Waals surface area (Å²) in [4.78, 5) is 27.5. The van der Waals surface area contributed by atoms with Gasteiger partial charge >= 0.3 is 6.18 Å². The molecule has 2 amide bonds. The molecule has 0 unspecified atom stereocenters. The lowest BCUT2D eigenvalue weighted by Gasteiger charge is -2.32. The molecular weight excluding hydrogens is 363 g/mol. The summed E-state index contributed by atoms with van der Waals surface area (Å²) in [6.07, 6.45) is -2.78. The number of rotatable bonds is 6. The largest absolute Gasteiger partial charge is 0.418 e. The molecule has 1 saturated heterocycles. The van der Waals surface area contributed by atoms with E-state index in [-0.39, 0.29) is 37.2 Å². The third-order valence-electron chi connectivity index (χ3n) is 4.53. The normalized spacial score (nSPS) is 18.2. The number of amides is 2. The fraction of sp³-hybridized carbons (Fsp3) is 0.556. The van der Waals surface area contributed by atoms with E-state index < -0.39 is 17.6 Å². The van der Waals surface area contributed by atoms with Crippen LogP contribution in [0.3, 0.4) is 0 Å². The highest BCUT2D eigenvalue weighted by Crippen LogP contribution is 2.34. The van der Waals surface area contributed by atoms with Gasteiger partial charge in [-0.2, -0.15) is 13.2 Å². The Labute approximate surface area is 155 Å². The molecule has 2 rings (SSSR count). The number of carbonyl (C=O) groups is 2. The average Bonchev–Trinajstić information content (AvgIpc) is 2.61. The van der Waals surface area contributed by atoms with Gasteiger partial charge in [-0.25, -0.2) is 0 Å². The molecule has 0 bridgehead atoms. The van der Waals surface area contributed by atoms with Crippen molar-refractivity contribution in [1.29, 1.82) is 0 Å². The number of anilines is 1. The summed E-state index contributed by atoms with van der Waals surface area (Å²) in [5.74, 6) is -0.860. The van der Waals surface area contributed by atoms with Gasteiger partial charge in [0.15, 0.2) is 0 Å². The SMILES string of the molecule is CN(CC(=O)Nc1ccccc1C(F)(F)F)C(=O)CN1CCC[C@H](CO)C1. The smallest absolute Gasteiger partial charge is 0.396 e. The van der Waals surface area contributed by atoms with Crippen LogP contribution in [0.25, 0.3) is 0 Å². The third kappa shape index (κ3) is 6.21. The Morgan fingerprint density at radius 1 is 1.33 bits per heavy atom. The topological polar surface area (TPSA) is 72.9 Å². The van der Waals surface area contributed by atoms with Gasteiger partial charge in [-0.15, -0.1) is 0 Å². The zero-order valence-electron chi connectivity index (χ0n) is 15.1. The molecular formula is C18H24F3N3O3. The number of carbonyl (C=O) groups excluding carboxylic acids is 2. The first kappa shape index (κ1) is 21.2. The van der Waals surface area contributed by atoms with Crippen LogP contribution in [0, 0.1) is 5.92 Å². The van der Waals surface area contributed by atoms with E-state index in [0.717, 1.165) is 25.5 Å². The van der Waals surface area contributed by atoms with Crippen LogP contribution in [0.5, 0.6) is 0 Å². The fourth-order valence-corrected chi connectivity index (χ4v) is 3.09. The number of hydrogen-bond donors (Lipinski definition) is 2. The van der Waals surface area contributed by atoms with Crippen LogP contribution in [0.4, 0.5) is 18.9 Å². The van der Waals surface area contributed by atoms with E-state index in [4.69, 9.17) is 0 Å². The van der Waals surface area contributed by atoms with E-state index in [1.807, 2.05) is 4.90 Å². The molecule has 1 aliphatic heterocycles. The Bertz CT molecular complexity index is 667. The quantitative estimate of drug-likeness (QED) is 0.781. The molecule has 1 aromatic rings. The van der Waals surface area contributed by atoms with Crippen molar-refractivity contribution in [2.75, 3.05) is 45.2 Å². The summed E-state index contributed by atoms with van der Waals surface area (Å²) in [6.45, 7) is 1.19. The Kier molecular flexibility index (Phi) is 7.20. The van der Waals surface area contributed by atoms with E-state index in [0.29, 0.717) is 6.54 Å². The number of likely N-dealkylation sites (N-methyl/N-ethyl adjacent to an activating group) is 1. The van der Waals surface area contributed by atoms with Gasteiger partial charge in [-0.1, -0.05) is 12.1 Å². The summed E-state index contributed by atoms with van der Waals surface area (Å²) in [5, 5.41) is 11.5. The Balaban J connectivity index is 1.89. The van der Waals surface area contributed by atoms with Gasteiger partial charge in [0.05, 0.1) is 24.3 Å². The molecule has 0 radical (unpaired) electrons. The number of aliphatic hydroxyl groups is 1. The highest BCUT2D eigenvalue weighted by atomic mass is 19.4. The predicted octanol–water partition coefficient (Wildman–Crippen LogP) is 1.81. The van der Waals surface area contributed by atoms with E-state index >= 15 is 0 Å². The second kappa shape index (κ2) is 9.18. The predicted molar refractivity (Wildman–Crippen MR) is 94.0 cm³/mol. The van der Waals surface area contributed by atoms with Crippen LogP contribution >= 0.6 is 0 Å². The molecule has 2 N–H and O–H groups in total. The zero-order valence-corrected chi connectivity index (χ0v) is 15.1. The number of piperidine rings is 1. The van der Waals surface area contributed by atoms with E-state index in [9.17, 15) is 27.9 Å².